The van der Waals surface area contributed by atoms with Crippen LogP contribution in [0, 0.1) is 16.0 Å². The summed E-state index contributed by atoms with van der Waals surface area (Å²) in [6.07, 6.45) is 5.25. The lowest BCUT2D eigenvalue weighted by molar-refractivity contribution is -0.385. The number of nitro groups is 1. The van der Waals surface area contributed by atoms with Crippen molar-refractivity contribution in [1.82, 2.24) is 0 Å². The number of hydrogen-bond donors (Lipinski definition) is 1. The number of nitro benzene ring substituents is 1. The van der Waals surface area contributed by atoms with E-state index in [1.165, 1.54) is 12.8 Å². The van der Waals surface area contributed by atoms with E-state index in [0.29, 0.717) is 5.92 Å². The second kappa shape index (κ2) is 5.27. The van der Waals surface area contributed by atoms with Gasteiger partial charge in [-0.3, -0.25) is 10.1 Å². The number of benzene rings is 1. The molecule has 0 spiro atoms. The predicted molar refractivity (Wildman–Crippen MR) is 66.7 cm³/mol. The van der Waals surface area contributed by atoms with Crippen LogP contribution in [0.3, 0.4) is 0 Å². The average Bonchev–Trinajstić information content (AvgIpc) is 2.32. The molecule has 4 heteroatoms. The number of nitrogens with zero attached hydrogens (tertiary/aromatic N) is 1. The summed E-state index contributed by atoms with van der Waals surface area (Å²) in [6, 6.07) is 7.19. The molecule has 1 aliphatic carbocycles. The minimum atomic E-state index is -0.302. The lowest BCUT2D eigenvalue weighted by Gasteiger charge is -2.28. The van der Waals surface area contributed by atoms with Crippen LogP contribution < -0.4 is 5.73 Å². The standard InChI is InChI=1S/C13H18N2O2/c14-12-7-3-1-5-10(12)9-11-6-2-4-8-13(11)15(16)17/h2,4,6,8,10,12H,1,3,5,7,9,14H2. The second-order valence-corrected chi connectivity index (χ2v) is 4.80. The molecular weight excluding hydrogens is 216 g/mol. The van der Waals surface area contributed by atoms with E-state index in [1.54, 1.807) is 12.1 Å². The normalized spacial score (nSPS) is 24.5. The zero-order valence-corrected chi connectivity index (χ0v) is 9.84. The summed E-state index contributed by atoms with van der Waals surface area (Å²) in [5.74, 6) is 0.393. The molecule has 1 aliphatic rings. The van der Waals surface area contributed by atoms with Gasteiger partial charge in [0.1, 0.15) is 0 Å². The van der Waals surface area contributed by atoms with Gasteiger partial charge in [-0.05, 0) is 25.2 Å². The van der Waals surface area contributed by atoms with Gasteiger partial charge in [0.15, 0.2) is 0 Å². The van der Waals surface area contributed by atoms with Crippen molar-refractivity contribution in [3.63, 3.8) is 0 Å². The van der Waals surface area contributed by atoms with Crippen molar-refractivity contribution in [1.29, 1.82) is 0 Å². The molecule has 0 radical (unpaired) electrons. The van der Waals surface area contributed by atoms with Crippen molar-refractivity contribution < 1.29 is 4.92 Å². The van der Waals surface area contributed by atoms with E-state index in [1.807, 2.05) is 12.1 Å². The largest absolute Gasteiger partial charge is 0.327 e. The van der Waals surface area contributed by atoms with Crippen LogP contribution in [0.5, 0.6) is 0 Å². The van der Waals surface area contributed by atoms with Gasteiger partial charge in [0.2, 0.25) is 0 Å². The summed E-state index contributed by atoms with van der Waals surface area (Å²) in [7, 11) is 0. The third kappa shape index (κ3) is 2.82. The third-order valence-electron chi connectivity index (χ3n) is 3.64. The molecule has 1 fully saturated rings. The Balaban J connectivity index is 2.14. The average molecular weight is 234 g/mol. The van der Waals surface area contributed by atoms with Crippen LogP contribution >= 0.6 is 0 Å². The number of hydrogen-bond acceptors (Lipinski definition) is 3. The molecule has 0 heterocycles. The predicted octanol–water partition coefficient (Wildman–Crippen LogP) is 2.65. The molecule has 0 amide bonds. The zero-order chi connectivity index (χ0) is 12.3. The summed E-state index contributed by atoms with van der Waals surface area (Å²) in [4.78, 5) is 10.6. The van der Waals surface area contributed by atoms with Crippen molar-refractivity contribution in [3.8, 4) is 0 Å². The van der Waals surface area contributed by atoms with Gasteiger partial charge in [-0.2, -0.15) is 0 Å². The number of rotatable bonds is 3. The lowest BCUT2D eigenvalue weighted by atomic mass is 9.81. The SMILES string of the molecule is NC1CCCCC1Cc1ccccc1[N+](=O)[O-]. The summed E-state index contributed by atoms with van der Waals surface area (Å²) < 4.78 is 0. The van der Waals surface area contributed by atoms with Crippen LogP contribution in [0.25, 0.3) is 0 Å². The van der Waals surface area contributed by atoms with E-state index < -0.39 is 0 Å². The maximum absolute atomic E-state index is 10.9. The van der Waals surface area contributed by atoms with E-state index in [4.69, 9.17) is 5.73 Å². The van der Waals surface area contributed by atoms with Gasteiger partial charge in [-0.1, -0.05) is 31.0 Å². The van der Waals surface area contributed by atoms with Gasteiger partial charge >= 0.3 is 0 Å². The fraction of sp³-hybridized carbons (Fsp3) is 0.538. The second-order valence-electron chi connectivity index (χ2n) is 4.80. The van der Waals surface area contributed by atoms with Crippen molar-refractivity contribution in [2.24, 2.45) is 11.7 Å². The maximum atomic E-state index is 10.9. The van der Waals surface area contributed by atoms with Gasteiger partial charge in [-0.15, -0.1) is 0 Å². The van der Waals surface area contributed by atoms with Crippen LogP contribution in [0.15, 0.2) is 24.3 Å². The molecule has 2 atom stereocenters. The van der Waals surface area contributed by atoms with Gasteiger partial charge in [0.05, 0.1) is 4.92 Å². The summed E-state index contributed by atoms with van der Waals surface area (Å²) in [6.45, 7) is 0. The molecule has 0 bridgehead atoms. The third-order valence-corrected chi connectivity index (χ3v) is 3.64. The molecule has 4 nitrogen and oxygen atoms in total. The Morgan fingerprint density at radius 1 is 1.29 bits per heavy atom. The van der Waals surface area contributed by atoms with E-state index in [-0.39, 0.29) is 16.7 Å². The highest BCUT2D eigenvalue weighted by Crippen LogP contribution is 2.29. The van der Waals surface area contributed by atoms with Crippen LogP contribution in [0.4, 0.5) is 5.69 Å². The van der Waals surface area contributed by atoms with Crippen molar-refractivity contribution in [2.45, 2.75) is 38.1 Å². The van der Waals surface area contributed by atoms with Crippen LogP contribution in [0.1, 0.15) is 31.2 Å². The first kappa shape index (κ1) is 12.0. The van der Waals surface area contributed by atoms with Crippen LogP contribution in [-0.2, 0) is 6.42 Å². The molecule has 2 unspecified atom stereocenters. The highest BCUT2D eigenvalue weighted by atomic mass is 16.6. The Hall–Kier alpha value is -1.42. The fourth-order valence-corrected chi connectivity index (χ4v) is 2.63. The maximum Gasteiger partial charge on any atom is 0.272 e. The Kier molecular flexibility index (Phi) is 3.74. The zero-order valence-electron chi connectivity index (χ0n) is 9.84. The summed E-state index contributed by atoms with van der Waals surface area (Å²) in [5, 5.41) is 10.9. The van der Waals surface area contributed by atoms with Gasteiger partial charge in [0, 0.05) is 17.7 Å². The van der Waals surface area contributed by atoms with Gasteiger partial charge < -0.3 is 5.73 Å². The van der Waals surface area contributed by atoms with Crippen LogP contribution in [-0.4, -0.2) is 11.0 Å². The quantitative estimate of drug-likeness (QED) is 0.645. The molecule has 1 aromatic carbocycles. The van der Waals surface area contributed by atoms with Crippen molar-refractivity contribution in [2.75, 3.05) is 0 Å². The van der Waals surface area contributed by atoms with E-state index in [9.17, 15) is 10.1 Å². The Morgan fingerprint density at radius 3 is 2.71 bits per heavy atom. The molecule has 17 heavy (non-hydrogen) atoms. The molecule has 0 saturated heterocycles. The van der Waals surface area contributed by atoms with E-state index >= 15 is 0 Å². The highest BCUT2D eigenvalue weighted by Gasteiger charge is 2.24. The Labute approximate surface area is 101 Å². The highest BCUT2D eigenvalue weighted by molar-refractivity contribution is 5.40. The minimum Gasteiger partial charge on any atom is -0.327 e. The smallest absolute Gasteiger partial charge is 0.272 e. The lowest BCUT2D eigenvalue weighted by Crippen LogP contribution is -2.34. The first-order chi connectivity index (χ1) is 8.18. The topological polar surface area (TPSA) is 69.2 Å². The van der Waals surface area contributed by atoms with E-state index in [0.717, 1.165) is 24.8 Å². The first-order valence-corrected chi connectivity index (χ1v) is 6.16. The molecule has 0 aliphatic heterocycles. The molecule has 92 valence electrons. The van der Waals surface area contributed by atoms with Crippen molar-refractivity contribution >= 4 is 5.69 Å². The number of para-hydroxylation sites is 1. The molecule has 0 aromatic heterocycles. The summed E-state index contributed by atoms with van der Waals surface area (Å²) in [5.41, 5.74) is 7.13. The Morgan fingerprint density at radius 2 is 2.00 bits per heavy atom. The van der Waals surface area contributed by atoms with Crippen LogP contribution in [0.2, 0.25) is 0 Å². The number of nitrogens with two attached hydrogens (primary N) is 1. The molecule has 1 aromatic rings. The first-order valence-electron chi connectivity index (χ1n) is 6.16. The molecule has 1 saturated carbocycles. The molecule has 2 rings (SSSR count). The fourth-order valence-electron chi connectivity index (χ4n) is 2.63. The Bertz CT molecular complexity index is 406. The van der Waals surface area contributed by atoms with Gasteiger partial charge in [-0.25, -0.2) is 0 Å². The molecule has 2 N–H and O–H groups in total. The monoisotopic (exact) mass is 234 g/mol. The van der Waals surface area contributed by atoms with E-state index in [2.05, 4.69) is 0 Å². The van der Waals surface area contributed by atoms with Gasteiger partial charge in [0.25, 0.3) is 5.69 Å². The van der Waals surface area contributed by atoms with Crippen molar-refractivity contribution in [3.05, 3.63) is 39.9 Å². The molecular formula is C13H18N2O2. The minimum absolute atomic E-state index is 0.198. The summed E-state index contributed by atoms with van der Waals surface area (Å²) >= 11 is 0.